The van der Waals surface area contributed by atoms with Crippen molar-refractivity contribution in [1.29, 1.82) is 0 Å². The summed E-state index contributed by atoms with van der Waals surface area (Å²) in [6.07, 6.45) is 15.6. The summed E-state index contributed by atoms with van der Waals surface area (Å²) < 4.78 is 0. The lowest BCUT2D eigenvalue weighted by Gasteiger charge is -2.04. The molecule has 0 fully saturated rings. The van der Waals surface area contributed by atoms with E-state index in [9.17, 15) is 4.79 Å². The number of rotatable bonds is 9. The van der Waals surface area contributed by atoms with Gasteiger partial charge in [0.1, 0.15) is 6.29 Å². The van der Waals surface area contributed by atoms with Gasteiger partial charge in [-0.2, -0.15) is 0 Å². The molecule has 1 aromatic heterocycles. The molecule has 0 bridgehead atoms. The predicted octanol–water partition coefficient (Wildman–Crippen LogP) is 5.20. The van der Waals surface area contributed by atoms with E-state index in [0.717, 1.165) is 6.29 Å². The molecule has 1 heterocycles. The zero-order valence-electron chi connectivity index (χ0n) is 12.0. The van der Waals surface area contributed by atoms with Gasteiger partial charge in [0, 0.05) is 4.88 Å². The van der Waals surface area contributed by atoms with Crippen molar-refractivity contribution >= 4 is 23.7 Å². The van der Waals surface area contributed by atoms with Crippen molar-refractivity contribution in [3.63, 3.8) is 0 Å². The molecular weight excluding hydrogens is 252 g/mol. The largest absolute Gasteiger partial charge is 0.299 e. The second-order valence-electron chi connectivity index (χ2n) is 4.69. The first kappa shape index (κ1) is 15.9. The van der Waals surface area contributed by atoms with Gasteiger partial charge in [-0.3, -0.25) is 4.79 Å². The Labute approximate surface area is 121 Å². The van der Waals surface area contributed by atoms with Crippen molar-refractivity contribution in [2.24, 2.45) is 0 Å². The Morgan fingerprint density at radius 1 is 1.05 bits per heavy atom. The number of carbonyl (C=O) groups is 1. The maximum atomic E-state index is 10.2. The quantitative estimate of drug-likeness (QED) is 0.344. The van der Waals surface area contributed by atoms with E-state index in [2.05, 4.69) is 25.3 Å². The van der Waals surface area contributed by atoms with Crippen molar-refractivity contribution in [2.45, 2.75) is 52.4 Å². The van der Waals surface area contributed by atoms with Crippen LogP contribution in [0.3, 0.4) is 0 Å². The number of hydrogen-bond donors (Lipinski definition) is 0. The first-order chi connectivity index (χ1) is 9.33. The minimum atomic E-state index is 0.809. The normalized spacial score (nSPS) is 11.7. The molecule has 0 aromatic carbocycles. The molecule has 0 aliphatic heterocycles. The summed E-state index contributed by atoms with van der Waals surface area (Å²) in [6.45, 7) is 4.48. The second-order valence-corrected chi connectivity index (χ2v) is 5.60. The number of allylic oxidation sites excluding steroid dienone is 3. The lowest BCUT2D eigenvalue weighted by Crippen LogP contribution is -1.92. The molecule has 1 nitrogen and oxygen atoms in total. The highest BCUT2D eigenvalue weighted by Crippen LogP contribution is 2.27. The van der Waals surface area contributed by atoms with E-state index in [1.54, 1.807) is 6.08 Å². The highest BCUT2D eigenvalue weighted by atomic mass is 32.1. The van der Waals surface area contributed by atoms with Gasteiger partial charge in [0.25, 0.3) is 0 Å². The Kier molecular flexibility index (Phi) is 8.15. The molecule has 0 saturated heterocycles. The summed E-state index contributed by atoms with van der Waals surface area (Å²) in [6, 6.07) is 0. The third-order valence-electron chi connectivity index (χ3n) is 3.14. The molecule has 1 aromatic rings. The third kappa shape index (κ3) is 5.56. The zero-order chi connectivity index (χ0) is 13.9. The van der Waals surface area contributed by atoms with E-state index in [1.807, 2.05) is 17.4 Å². The van der Waals surface area contributed by atoms with Crippen LogP contribution in [0.5, 0.6) is 0 Å². The second kappa shape index (κ2) is 9.74. The summed E-state index contributed by atoms with van der Waals surface area (Å²) >= 11 is 1.83. The van der Waals surface area contributed by atoms with E-state index >= 15 is 0 Å². The molecule has 2 heteroatoms. The number of aryl methyl sites for hydroxylation is 1. The maximum Gasteiger partial charge on any atom is 0.142 e. The van der Waals surface area contributed by atoms with E-state index in [1.165, 1.54) is 60.6 Å². The van der Waals surface area contributed by atoms with Crippen LogP contribution in [-0.4, -0.2) is 6.29 Å². The number of aldehydes is 1. The fourth-order valence-corrected chi connectivity index (χ4v) is 3.10. The molecule has 0 aliphatic rings. The monoisotopic (exact) mass is 276 g/mol. The minimum Gasteiger partial charge on any atom is -0.299 e. The Morgan fingerprint density at radius 2 is 1.79 bits per heavy atom. The van der Waals surface area contributed by atoms with Crippen molar-refractivity contribution in [2.75, 3.05) is 0 Å². The number of hydrogen-bond acceptors (Lipinski definition) is 2. The summed E-state index contributed by atoms with van der Waals surface area (Å²) in [5.41, 5.74) is 3.05. The highest BCUT2D eigenvalue weighted by molar-refractivity contribution is 7.11. The first-order valence-electron chi connectivity index (χ1n) is 7.21. The fraction of sp³-hybridized carbons (Fsp3) is 0.471. The van der Waals surface area contributed by atoms with Crippen LogP contribution in [0.2, 0.25) is 0 Å². The van der Waals surface area contributed by atoms with Crippen LogP contribution >= 0.6 is 11.3 Å². The van der Waals surface area contributed by atoms with Crippen molar-refractivity contribution in [3.05, 3.63) is 39.6 Å². The van der Waals surface area contributed by atoms with Gasteiger partial charge in [0.05, 0.1) is 0 Å². The summed E-state index contributed by atoms with van der Waals surface area (Å²) in [7, 11) is 0. The third-order valence-corrected chi connectivity index (χ3v) is 4.18. The van der Waals surface area contributed by atoms with E-state index in [0.29, 0.717) is 0 Å². The number of thiophene rings is 1. The van der Waals surface area contributed by atoms with Gasteiger partial charge in [-0.15, -0.1) is 11.3 Å². The van der Waals surface area contributed by atoms with Gasteiger partial charge in [0.2, 0.25) is 0 Å². The Morgan fingerprint density at radius 3 is 2.47 bits per heavy atom. The fourth-order valence-electron chi connectivity index (χ4n) is 2.04. The molecule has 0 saturated carbocycles. The van der Waals surface area contributed by atoms with Crippen LogP contribution in [0.15, 0.2) is 23.6 Å². The van der Waals surface area contributed by atoms with E-state index in [-0.39, 0.29) is 0 Å². The van der Waals surface area contributed by atoms with Crippen molar-refractivity contribution < 1.29 is 4.79 Å². The first-order valence-corrected chi connectivity index (χ1v) is 8.09. The molecule has 0 unspecified atom stereocenters. The topological polar surface area (TPSA) is 17.1 Å². The SMILES string of the molecule is CCCCc1csc(/C=C/C=C/C=O)c1CCCC. The van der Waals surface area contributed by atoms with Crippen molar-refractivity contribution in [1.82, 2.24) is 0 Å². The van der Waals surface area contributed by atoms with Crippen LogP contribution < -0.4 is 0 Å². The van der Waals surface area contributed by atoms with Gasteiger partial charge < -0.3 is 0 Å². The smallest absolute Gasteiger partial charge is 0.142 e. The standard InChI is InChI=1S/C17H24OS/c1-3-5-10-15-14-19-17(12-8-7-9-13-18)16(15)11-6-4-2/h7-9,12-14H,3-6,10-11H2,1-2H3/b9-7+,12-8+. The van der Waals surface area contributed by atoms with Crippen molar-refractivity contribution in [3.8, 4) is 0 Å². The number of unbranched alkanes of at least 4 members (excludes halogenated alkanes) is 2. The lowest BCUT2D eigenvalue weighted by atomic mass is 10.0. The average Bonchev–Trinajstić information content (AvgIpc) is 2.81. The molecule has 0 atom stereocenters. The molecule has 0 aliphatic carbocycles. The maximum absolute atomic E-state index is 10.2. The predicted molar refractivity (Wildman–Crippen MR) is 85.8 cm³/mol. The van der Waals surface area contributed by atoms with E-state index < -0.39 is 0 Å². The van der Waals surface area contributed by atoms with Gasteiger partial charge >= 0.3 is 0 Å². The molecule has 104 valence electrons. The van der Waals surface area contributed by atoms with Crippen LogP contribution in [-0.2, 0) is 17.6 Å². The molecule has 0 N–H and O–H groups in total. The van der Waals surface area contributed by atoms with Gasteiger partial charge in [-0.25, -0.2) is 0 Å². The van der Waals surface area contributed by atoms with Crippen LogP contribution in [0.4, 0.5) is 0 Å². The van der Waals surface area contributed by atoms with E-state index in [4.69, 9.17) is 0 Å². The summed E-state index contributed by atoms with van der Waals surface area (Å²) in [5.74, 6) is 0. The Balaban J connectivity index is 2.82. The molecule has 0 amide bonds. The minimum absolute atomic E-state index is 0.809. The molecule has 0 spiro atoms. The lowest BCUT2D eigenvalue weighted by molar-refractivity contribution is -0.104. The van der Waals surface area contributed by atoms with Gasteiger partial charge in [-0.1, -0.05) is 38.8 Å². The molecule has 0 radical (unpaired) electrons. The Bertz CT molecular complexity index is 426. The highest BCUT2D eigenvalue weighted by Gasteiger charge is 2.08. The van der Waals surface area contributed by atoms with Gasteiger partial charge in [-0.05, 0) is 54.3 Å². The van der Waals surface area contributed by atoms with Crippen LogP contribution in [0.25, 0.3) is 6.08 Å². The van der Waals surface area contributed by atoms with Gasteiger partial charge in [0.15, 0.2) is 0 Å². The summed E-state index contributed by atoms with van der Waals surface area (Å²) in [5, 5.41) is 2.31. The molecule has 19 heavy (non-hydrogen) atoms. The summed E-state index contributed by atoms with van der Waals surface area (Å²) in [4.78, 5) is 11.6. The number of carbonyl (C=O) groups excluding carboxylic acids is 1. The van der Waals surface area contributed by atoms with Crippen LogP contribution in [0, 0.1) is 0 Å². The average molecular weight is 276 g/mol. The molecule has 1 rings (SSSR count). The molecular formula is C17H24OS. The Hall–Kier alpha value is -1.15. The zero-order valence-corrected chi connectivity index (χ0v) is 12.8. The van der Waals surface area contributed by atoms with Crippen LogP contribution in [0.1, 0.15) is 55.5 Å².